The van der Waals surface area contributed by atoms with Crippen molar-refractivity contribution in [3.8, 4) is 0 Å². The largest absolute Gasteiger partial charge is 0.352 e. The van der Waals surface area contributed by atoms with Crippen molar-refractivity contribution >= 4 is 18.1 Å². The molecule has 2 aromatic rings. The Bertz CT molecular complexity index is 707. The fourth-order valence-corrected chi connectivity index (χ4v) is 2.27. The van der Waals surface area contributed by atoms with Gasteiger partial charge >= 0.3 is 0 Å². The number of rotatable bonds is 5. The quantitative estimate of drug-likeness (QED) is 0.834. The number of nitrogens with one attached hydrogen (secondary N) is 2. The van der Waals surface area contributed by atoms with Gasteiger partial charge in [0.05, 0.1) is 0 Å². The lowest BCUT2D eigenvalue weighted by atomic mass is 10.1. The molecule has 5 nitrogen and oxygen atoms in total. The second kappa shape index (κ2) is 6.62. The van der Waals surface area contributed by atoms with Gasteiger partial charge < -0.3 is 9.88 Å². The van der Waals surface area contributed by atoms with Gasteiger partial charge in [-0.25, -0.2) is 4.39 Å². The molecule has 0 spiro atoms. The molecule has 0 aliphatic rings. The van der Waals surface area contributed by atoms with Gasteiger partial charge in [-0.1, -0.05) is 6.07 Å². The van der Waals surface area contributed by atoms with Crippen LogP contribution in [0.1, 0.15) is 28.7 Å². The fourth-order valence-electron chi connectivity index (χ4n) is 1.99. The van der Waals surface area contributed by atoms with Crippen molar-refractivity contribution in [1.29, 1.82) is 0 Å². The van der Waals surface area contributed by atoms with E-state index in [1.165, 1.54) is 6.07 Å². The number of hydrogen-bond acceptors (Lipinski definition) is 3. The summed E-state index contributed by atoms with van der Waals surface area (Å²) in [5.74, 6) is 0.110. The van der Waals surface area contributed by atoms with Crippen LogP contribution in [0.25, 0.3) is 0 Å². The lowest BCUT2D eigenvalue weighted by Gasteiger charge is -2.07. The topological polar surface area (TPSA) is 62.7 Å². The van der Waals surface area contributed by atoms with Crippen LogP contribution in [0.3, 0.4) is 0 Å². The molecule has 0 saturated heterocycles. The zero-order valence-corrected chi connectivity index (χ0v) is 12.8. The summed E-state index contributed by atoms with van der Waals surface area (Å²) in [4.78, 5) is 11.9. The molecule has 0 radical (unpaired) electrons. The molecule has 0 bridgehead atoms. The van der Waals surface area contributed by atoms with Gasteiger partial charge in [0.15, 0.2) is 4.77 Å². The standard InChI is InChI=1S/C14H17FN4OS/c1-3-19-12(17-18-14(19)21)6-7-16-13(20)10-5-4-9(2)11(15)8-10/h4-5,8H,3,6-7H2,1-2H3,(H,16,20)(H,18,21). The maximum atomic E-state index is 13.4. The molecular formula is C14H17FN4OS. The number of H-pyrrole nitrogens is 1. The normalized spacial score (nSPS) is 10.6. The van der Waals surface area contributed by atoms with Crippen molar-refractivity contribution in [3.63, 3.8) is 0 Å². The van der Waals surface area contributed by atoms with Gasteiger partial charge in [-0.05, 0) is 43.8 Å². The van der Waals surface area contributed by atoms with Gasteiger partial charge in [0, 0.05) is 25.1 Å². The lowest BCUT2D eigenvalue weighted by Crippen LogP contribution is -2.26. The van der Waals surface area contributed by atoms with E-state index in [-0.39, 0.29) is 11.7 Å². The number of carbonyl (C=O) groups excluding carboxylic acids is 1. The molecule has 0 fully saturated rings. The summed E-state index contributed by atoms with van der Waals surface area (Å²) in [7, 11) is 0. The molecule has 1 amide bonds. The van der Waals surface area contributed by atoms with Crippen LogP contribution in [0.5, 0.6) is 0 Å². The SMILES string of the molecule is CCn1c(CCNC(=O)c2ccc(C)c(F)c2)n[nH]c1=S. The van der Waals surface area contributed by atoms with E-state index in [0.29, 0.717) is 28.9 Å². The Morgan fingerprint density at radius 1 is 1.52 bits per heavy atom. The highest BCUT2D eigenvalue weighted by Crippen LogP contribution is 2.09. The predicted octanol–water partition coefficient (Wildman–Crippen LogP) is 2.38. The number of halogens is 1. The Morgan fingerprint density at radius 3 is 2.95 bits per heavy atom. The summed E-state index contributed by atoms with van der Waals surface area (Å²) in [6.45, 7) is 4.77. The fraction of sp³-hybridized carbons (Fsp3) is 0.357. The number of nitrogens with zero attached hydrogens (tertiary/aromatic N) is 2. The molecule has 112 valence electrons. The molecular weight excluding hydrogens is 291 g/mol. The number of amides is 1. The Kier molecular flexibility index (Phi) is 4.85. The summed E-state index contributed by atoms with van der Waals surface area (Å²) < 4.78 is 15.9. The second-order valence-electron chi connectivity index (χ2n) is 4.66. The van der Waals surface area contributed by atoms with E-state index >= 15 is 0 Å². The molecule has 0 saturated carbocycles. The minimum absolute atomic E-state index is 0.300. The van der Waals surface area contributed by atoms with Crippen molar-refractivity contribution < 1.29 is 9.18 Å². The van der Waals surface area contributed by atoms with E-state index in [9.17, 15) is 9.18 Å². The number of aromatic nitrogens is 3. The minimum atomic E-state index is -0.380. The van der Waals surface area contributed by atoms with E-state index in [0.717, 1.165) is 12.4 Å². The highest BCUT2D eigenvalue weighted by atomic mass is 32.1. The summed E-state index contributed by atoms with van der Waals surface area (Å²) >= 11 is 5.09. The summed E-state index contributed by atoms with van der Waals surface area (Å²) in [6, 6.07) is 4.44. The van der Waals surface area contributed by atoms with Gasteiger partial charge in [-0.2, -0.15) is 5.10 Å². The van der Waals surface area contributed by atoms with Gasteiger partial charge in [0.2, 0.25) is 0 Å². The summed E-state index contributed by atoms with van der Waals surface area (Å²) in [5.41, 5.74) is 0.831. The smallest absolute Gasteiger partial charge is 0.251 e. The van der Waals surface area contributed by atoms with Crippen molar-refractivity contribution in [1.82, 2.24) is 20.1 Å². The van der Waals surface area contributed by atoms with Gasteiger partial charge in [0.25, 0.3) is 5.91 Å². The molecule has 0 aliphatic heterocycles. The number of hydrogen-bond donors (Lipinski definition) is 2. The van der Waals surface area contributed by atoms with Crippen LogP contribution < -0.4 is 5.32 Å². The molecule has 0 aliphatic carbocycles. The third-order valence-corrected chi connectivity index (χ3v) is 3.53. The van der Waals surface area contributed by atoms with Crippen molar-refractivity contribution in [2.24, 2.45) is 0 Å². The second-order valence-corrected chi connectivity index (χ2v) is 5.05. The molecule has 1 heterocycles. The monoisotopic (exact) mass is 308 g/mol. The van der Waals surface area contributed by atoms with Gasteiger partial charge in [-0.3, -0.25) is 9.89 Å². The number of aromatic amines is 1. The van der Waals surface area contributed by atoms with E-state index < -0.39 is 0 Å². The number of benzene rings is 1. The number of carbonyl (C=O) groups is 1. The average Bonchev–Trinajstić information content (AvgIpc) is 2.82. The lowest BCUT2D eigenvalue weighted by molar-refractivity contribution is 0.0953. The van der Waals surface area contributed by atoms with Crippen LogP contribution in [-0.4, -0.2) is 27.2 Å². The Labute approximate surface area is 127 Å². The van der Waals surface area contributed by atoms with Crippen LogP contribution in [0.15, 0.2) is 18.2 Å². The molecule has 0 unspecified atom stereocenters. The van der Waals surface area contributed by atoms with E-state index in [1.807, 2.05) is 11.5 Å². The molecule has 2 rings (SSSR count). The maximum absolute atomic E-state index is 13.4. The van der Waals surface area contributed by atoms with E-state index in [2.05, 4.69) is 15.5 Å². The van der Waals surface area contributed by atoms with Crippen LogP contribution in [0.4, 0.5) is 4.39 Å². The first kappa shape index (κ1) is 15.4. The Hall–Kier alpha value is -2.02. The maximum Gasteiger partial charge on any atom is 0.251 e. The molecule has 21 heavy (non-hydrogen) atoms. The predicted molar refractivity (Wildman–Crippen MR) is 80.3 cm³/mol. The third-order valence-electron chi connectivity index (χ3n) is 3.22. The van der Waals surface area contributed by atoms with Crippen LogP contribution in [0, 0.1) is 17.5 Å². The first-order valence-corrected chi connectivity index (χ1v) is 7.12. The van der Waals surface area contributed by atoms with Crippen molar-refractivity contribution in [3.05, 3.63) is 45.7 Å². The Morgan fingerprint density at radius 2 is 2.29 bits per heavy atom. The van der Waals surface area contributed by atoms with Crippen LogP contribution >= 0.6 is 12.2 Å². The van der Waals surface area contributed by atoms with Gasteiger partial charge in [-0.15, -0.1) is 0 Å². The highest BCUT2D eigenvalue weighted by molar-refractivity contribution is 7.71. The summed E-state index contributed by atoms with van der Waals surface area (Å²) in [5, 5.41) is 9.59. The Balaban J connectivity index is 1.95. The first-order valence-electron chi connectivity index (χ1n) is 6.71. The van der Waals surface area contributed by atoms with Crippen LogP contribution in [0.2, 0.25) is 0 Å². The van der Waals surface area contributed by atoms with Gasteiger partial charge in [0.1, 0.15) is 11.6 Å². The molecule has 7 heteroatoms. The minimum Gasteiger partial charge on any atom is -0.352 e. The molecule has 1 aromatic heterocycles. The molecule has 1 aromatic carbocycles. The molecule has 0 atom stereocenters. The van der Waals surface area contributed by atoms with Crippen LogP contribution in [-0.2, 0) is 13.0 Å². The average molecular weight is 308 g/mol. The number of aryl methyl sites for hydroxylation is 1. The zero-order chi connectivity index (χ0) is 15.4. The van der Waals surface area contributed by atoms with Crippen molar-refractivity contribution in [2.75, 3.05) is 6.54 Å². The molecule has 2 N–H and O–H groups in total. The van der Waals surface area contributed by atoms with E-state index in [4.69, 9.17) is 12.2 Å². The van der Waals surface area contributed by atoms with Crippen molar-refractivity contribution in [2.45, 2.75) is 26.8 Å². The zero-order valence-electron chi connectivity index (χ0n) is 11.9. The first-order chi connectivity index (χ1) is 10.0. The van der Waals surface area contributed by atoms with E-state index in [1.54, 1.807) is 19.1 Å². The highest BCUT2D eigenvalue weighted by Gasteiger charge is 2.09. The summed E-state index contributed by atoms with van der Waals surface area (Å²) in [6.07, 6.45) is 0.557. The third kappa shape index (κ3) is 3.55.